The number of amides is 3. The van der Waals surface area contributed by atoms with E-state index < -0.39 is 47.8 Å². The Bertz CT molecular complexity index is 1140. The summed E-state index contributed by atoms with van der Waals surface area (Å²) in [6, 6.07) is 14.9. The molecular formula is C30H40N4O7. The van der Waals surface area contributed by atoms with Crippen molar-refractivity contribution in [3.05, 3.63) is 71.8 Å². The van der Waals surface area contributed by atoms with Gasteiger partial charge in [-0.25, -0.2) is 0 Å². The molecule has 0 aromatic heterocycles. The summed E-state index contributed by atoms with van der Waals surface area (Å²) in [5, 5.41) is 5.07. The Morgan fingerprint density at radius 1 is 0.732 bits per heavy atom. The molecule has 222 valence electrons. The molecule has 6 N–H and O–H groups in total. The van der Waals surface area contributed by atoms with E-state index >= 15 is 0 Å². The van der Waals surface area contributed by atoms with E-state index in [0.717, 1.165) is 11.1 Å². The Balaban J connectivity index is 1.98. The molecule has 0 spiro atoms. The lowest BCUT2D eigenvalue weighted by Gasteiger charge is -2.24. The molecule has 0 heterocycles. The lowest BCUT2D eigenvalue weighted by atomic mass is 9.98. The van der Waals surface area contributed by atoms with Crippen LogP contribution in [0.2, 0.25) is 0 Å². The lowest BCUT2D eigenvalue weighted by molar-refractivity contribution is -0.146. The zero-order chi connectivity index (χ0) is 30.2. The minimum absolute atomic E-state index is 0.0614. The zero-order valence-corrected chi connectivity index (χ0v) is 23.5. The molecule has 2 aromatic rings. The quantitative estimate of drug-likeness (QED) is 0.209. The van der Waals surface area contributed by atoms with Gasteiger partial charge in [-0.1, -0.05) is 80.9 Å². The van der Waals surface area contributed by atoms with E-state index in [0.29, 0.717) is 6.42 Å². The summed E-state index contributed by atoms with van der Waals surface area (Å²) < 4.78 is 10.5. The average molecular weight is 569 g/mol. The lowest BCUT2D eigenvalue weighted by Crippen LogP contribution is -2.56. The Kier molecular flexibility index (Phi) is 14.0. The van der Waals surface area contributed by atoms with E-state index in [9.17, 15) is 24.0 Å². The number of rotatable bonds is 17. The number of primary amides is 1. The number of ether oxygens (including phenoxy) is 2. The van der Waals surface area contributed by atoms with Crippen molar-refractivity contribution < 1.29 is 33.4 Å². The van der Waals surface area contributed by atoms with Crippen molar-refractivity contribution in [3.8, 4) is 0 Å². The van der Waals surface area contributed by atoms with Crippen molar-refractivity contribution in [2.24, 2.45) is 17.4 Å². The fourth-order valence-electron chi connectivity index (χ4n) is 3.75. The maximum absolute atomic E-state index is 13.2. The fourth-order valence-corrected chi connectivity index (χ4v) is 3.75. The maximum atomic E-state index is 13.2. The van der Waals surface area contributed by atoms with Crippen LogP contribution >= 0.6 is 0 Å². The number of carbonyl (C=O) groups is 5. The summed E-state index contributed by atoms with van der Waals surface area (Å²) >= 11 is 0. The smallest absolute Gasteiger partial charge is 0.306 e. The van der Waals surface area contributed by atoms with Gasteiger partial charge in [-0.3, -0.25) is 24.0 Å². The highest BCUT2D eigenvalue weighted by Crippen LogP contribution is 2.10. The SMILES string of the molecule is CC[C@H](C)[C@H](N)C(=O)N[C@@H](CCC(=O)OCc1ccccc1)C(=O)N[C@H](CCC(=O)OCc1ccccc1)C(N)=O. The first-order chi connectivity index (χ1) is 19.6. The average Bonchev–Trinajstić information content (AvgIpc) is 2.98. The van der Waals surface area contributed by atoms with Crippen LogP contribution < -0.4 is 22.1 Å². The zero-order valence-electron chi connectivity index (χ0n) is 23.5. The van der Waals surface area contributed by atoms with Crippen LogP contribution in [0.1, 0.15) is 57.1 Å². The maximum Gasteiger partial charge on any atom is 0.306 e. The van der Waals surface area contributed by atoms with Crippen molar-refractivity contribution in [2.45, 2.75) is 77.3 Å². The van der Waals surface area contributed by atoms with Crippen LogP contribution in [-0.4, -0.2) is 47.8 Å². The summed E-state index contributed by atoms with van der Waals surface area (Å²) in [4.78, 5) is 62.6. The number of benzene rings is 2. The molecule has 0 aliphatic carbocycles. The monoisotopic (exact) mass is 568 g/mol. The minimum Gasteiger partial charge on any atom is -0.461 e. The van der Waals surface area contributed by atoms with E-state index in [1.54, 1.807) is 19.1 Å². The van der Waals surface area contributed by atoms with Gasteiger partial charge in [0.25, 0.3) is 0 Å². The third kappa shape index (κ3) is 12.2. The van der Waals surface area contributed by atoms with Gasteiger partial charge in [-0.2, -0.15) is 0 Å². The summed E-state index contributed by atoms with van der Waals surface area (Å²) in [5.74, 6) is -3.48. The van der Waals surface area contributed by atoms with Gasteiger partial charge in [0.15, 0.2) is 0 Å². The van der Waals surface area contributed by atoms with E-state index in [1.807, 2.05) is 55.5 Å². The van der Waals surface area contributed by atoms with E-state index in [1.165, 1.54) is 0 Å². The highest BCUT2D eigenvalue weighted by atomic mass is 16.5. The van der Waals surface area contributed by atoms with Gasteiger partial charge in [0.1, 0.15) is 25.3 Å². The molecule has 0 fully saturated rings. The van der Waals surface area contributed by atoms with Crippen molar-refractivity contribution >= 4 is 29.7 Å². The van der Waals surface area contributed by atoms with Crippen molar-refractivity contribution in [1.29, 1.82) is 0 Å². The summed E-state index contributed by atoms with van der Waals surface area (Å²) in [6.07, 6.45) is 0.0601. The molecule has 11 heteroatoms. The Labute approximate surface area is 240 Å². The molecule has 3 amide bonds. The number of esters is 2. The van der Waals surface area contributed by atoms with Crippen LogP contribution in [0.3, 0.4) is 0 Å². The minimum atomic E-state index is -1.21. The molecular weight excluding hydrogens is 528 g/mol. The molecule has 0 unspecified atom stereocenters. The molecule has 0 radical (unpaired) electrons. The summed E-state index contributed by atoms with van der Waals surface area (Å²) in [5.41, 5.74) is 13.1. The third-order valence-corrected chi connectivity index (χ3v) is 6.61. The van der Waals surface area contributed by atoms with Crippen LogP contribution in [-0.2, 0) is 46.7 Å². The van der Waals surface area contributed by atoms with Crippen LogP contribution in [0.25, 0.3) is 0 Å². The number of hydrogen-bond acceptors (Lipinski definition) is 8. The van der Waals surface area contributed by atoms with E-state index in [2.05, 4.69) is 10.6 Å². The van der Waals surface area contributed by atoms with Gasteiger partial charge in [0.05, 0.1) is 6.04 Å². The number of nitrogens with one attached hydrogen (secondary N) is 2. The third-order valence-electron chi connectivity index (χ3n) is 6.61. The van der Waals surface area contributed by atoms with Gasteiger partial charge in [-0.05, 0) is 29.9 Å². The molecule has 11 nitrogen and oxygen atoms in total. The Hall–Kier alpha value is -4.25. The molecule has 2 aromatic carbocycles. The predicted molar refractivity (Wildman–Crippen MR) is 151 cm³/mol. The number of nitrogens with two attached hydrogens (primary N) is 2. The van der Waals surface area contributed by atoms with E-state index in [-0.39, 0.29) is 44.8 Å². The van der Waals surface area contributed by atoms with Crippen molar-refractivity contribution in [1.82, 2.24) is 10.6 Å². The van der Waals surface area contributed by atoms with Crippen LogP contribution in [0.5, 0.6) is 0 Å². The molecule has 0 saturated carbocycles. The Morgan fingerprint density at radius 3 is 1.61 bits per heavy atom. The predicted octanol–water partition coefficient (Wildman–Crippen LogP) is 1.86. The molecule has 0 aliphatic rings. The molecule has 0 bridgehead atoms. The van der Waals surface area contributed by atoms with Gasteiger partial charge in [0, 0.05) is 12.8 Å². The first kappa shape index (κ1) is 33.0. The second kappa shape index (κ2) is 17.4. The first-order valence-electron chi connectivity index (χ1n) is 13.6. The first-order valence-corrected chi connectivity index (χ1v) is 13.6. The highest BCUT2D eigenvalue weighted by Gasteiger charge is 2.29. The molecule has 2 rings (SSSR count). The second-order valence-corrected chi connectivity index (χ2v) is 9.81. The summed E-state index contributed by atoms with van der Waals surface area (Å²) in [6.45, 7) is 3.82. The van der Waals surface area contributed by atoms with Gasteiger partial charge >= 0.3 is 11.9 Å². The standard InChI is InChI=1S/C30H40N4O7/c1-3-20(2)27(31)30(39)34-24(15-17-26(36)41-19-22-12-8-5-9-13-22)29(38)33-23(28(32)37)14-16-25(35)40-18-21-10-6-4-7-11-21/h4-13,20,23-24,27H,3,14-19,31H2,1-2H3,(H2,32,37)(H,33,38)(H,34,39)/t20-,23+,24-,27-/m0/s1. The highest BCUT2D eigenvalue weighted by molar-refractivity contribution is 5.93. The van der Waals surface area contributed by atoms with Gasteiger partial charge in [-0.15, -0.1) is 0 Å². The number of hydrogen-bond donors (Lipinski definition) is 4. The fraction of sp³-hybridized carbons (Fsp3) is 0.433. The van der Waals surface area contributed by atoms with Crippen LogP contribution in [0.4, 0.5) is 0 Å². The topological polar surface area (TPSA) is 180 Å². The molecule has 0 aliphatic heterocycles. The van der Waals surface area contributed by atoms with Gasteiger partial charge < -0.3 is 31.6 Å². The molecule has 0 saturated heterocycles. The summed E-state index contributed by atoms with van der Waals surface area (Å²) in [7, 11) is 0. The molecule has 41 heavy (non-hydrogen) atoms. The molecule has 4 atom stereocenters. The van der Waals surface area contributed by atoms with Crippen LogP contribution in [0, 0.1) is 5.92 Å². The van der Waals surface area contributed by atoms with E-state index in [4.69, 9.17) is 20.9 Å². The van der Waals surface area contributed by atoms with Crippen molar-refractivity contribution in [3.63, 3.8) is 0 Å². The number of carbonyl (C=O) groups excluding carboxylic acids is 5. The van der Waals surface area contributed by atoms with Gasteiger partial charge in [0.2, 0.25) is 17.7 Å². The normalized spacial score (nSPS) is 13.6. The second-order valence-electron chi connectivity index (χ2n) is 9.81. The van der Waals surface area contributed by atoms with Crippen LogP contribution in [0.15, 0.2) is 60.7 Å². The largest absolute Gasteiger partial charge is 0.461 e. The Morgan fingerprint density at radius 2 is 1.17 bits per heavy atom. The van der Waals surface area contributed by atoms with Crippen molar-refractivity contribution in [2.75, 3.05) is 0 Å².